The lowest BCUT2D eigenvalue weighted by molar-refractivity contribution is -0.124. The summed E-state index contributed by atoms with van der Waals surface area (Å²) < 4.78 is 6.62. The molecule has 2 amide bonds. The Morgan fingerprint density at radius 2 is 1.85 bits per heavy atom. The third kappa shape index (κ3) is 6.46. The minimum atomic E-state index is -0.633. The van der Waals surface area contributed by atoms with Crippen LogP contribution >= 0.6 is 11.6 Å². The molecule has 2 heterocycles. The zero-order valence-corrected chi connectivity index (χ0v) is 22.0. The Morgan fingerprint density at radius 3 is 2.56 bits per heavy atom. The van der Waals surface area contributed by atoms with E-state index in [2.05, 4.69) is 25.9 Å². The van der Waals surface area contributed by atoms with Crippen LogP contribution in [0, 0.1) is 0 Å². The molecule has 0 radical (unpaired) electrons. The number of hydrogen-bond donors (Lipinski definition) is 3. The maximum Gasteiger partial charge on any atom is 0.412 e. The average Bonchev–Trinajstić information content (AvgIpc) is 3.38. The zero-order valence-electron chi connectivity index (χ0n) is 21.2. The summed E-state index contributed by atoms with van der Waals surface area (Å²) >= 11 is 6.36. The van der Waals surface area contributed by atoms with Gasteiger partial charge in [-0.15, -0.1) is 0 Å². The number of anilines is 1. The van der Waals surface area contributed by atoms with Crippen molar-refractivity contribution in [1.29, 1.82) is 0 Å². The van der Waals surface area contributed by atoms with Crippen LogP contribution in [0.5, 0.6) is 0 Å². The fourth-order valence-electron chi connectivity index (χ4n) is 4.52. The summed E-state index contributed by atoms with van der Waals surface area (Å²) in [5.74, 6) is -0.0312. The van der Waals surface area contributed by atoms with Crippen LogP contribution in [0.1, 0.15) is 48.5 Å². The van der Waals surface area contributed by atoms with Crippen LogP contribution in [-0.2, 0) is 29.1 Å². The molecule has 3 aromatic rings. The highest BCUT2D eigenvalue weighted by atomic mass is 35.5. The van der Waals surface area contributed by atoms with Gasteiger partial charge in [-0.2, -0.15) is 0 Å². The minimum absolute atomic E-state index is 0.171. The van der Waals surface area contributed by atoms with Gasteiger partial charge in [0.1, 0.15) is 12.6 Å². The monoisotopic (exact) mass is 548 g/mol. The smallest absolute Gasteiger partial charge is 0.412 e. The number of carbonyl (C=O) groups excluding carboxylic acids is 2. The summed E-state index contributed by atoms with van der Waals surface area (Å²) in [6.45, 7) is 0.462. The largest absolute Gasteiger partial charge is 0.444 e. The van der Waals surface area contributed by atoms with E-state index in [1.807, 2.05) is 42.5 Å². The van der Waals surface area contributed by atoms with Crippen molar-refractivity contribution < 1.29 is 14.3 Å². The summed E-state index contributed by atoms with van der Waals surface area (Å²) in [6.07, 6.45) is 4.79. The standard InChI is InChI=1S/C28H29ClN6O4/c29-24-22-13-14-23(35(22)27(37)25(34-24)33-21-7-4-8-21)26(36)30-15-18-9-11-20(12-10-18)31-17-32-28(38)39-16-19-5-2-1-3-6-19/h1-3,5-6,9-12,17,21,23H,4,7-8,13-16H2,(H,30,36)(H,33,34)(H,31,32,38)/t23-/m0/s1. The molecule has 1 aromatic heterocycles. The maximum atomic E-state index is 13.1. The lowest BCUT2D eigenvalue weighted by Crippen LogP contribution is -2.38. The molecule has 0 saturated heterocycles. The van der Waals surface area contributed by atoms with Crippen molar-refractivity contribution in [2.24, 2.45) is 4.99 Å². The highest BCUT2D eigenvalue weighted by Gasteiger charge is 2.33. The number of nitrogens with zero attached hydrogens (tertiary/aromatic N) is 3. The van der Waals surface area contributed by atoms with Gasteiger partial charge < -0.3 is 15.4 Å². The number of carbonyl (C=O) groups is 2. The van der Waals surface area contributed by atoms with Crippen LogP contribution in [-0.4, -0.2) is 33.9 Å². The van der Waals surface area contributed by atoms with Gasteiger partial charge in [0.15, 0.2) is 11.0 Å². The van der Waals surface area contributed by atoms with E-state index < -0.39 is 12.1 Å². The number of aromatic nitrogens is 2. The molecule has 1 aliphatic carbocycles. The van der Waals surface area contributed by atoms with E-state index in [1.54, 1.807) is 12.1 Å². The van der Waals surface area contributed by atoms with Gasteiger partial charge in [-0.05, 0) is 55.4 Å². The molecule has 202 valence electrons. The van der Waals surface area contributed by atoms with Crippen LogP contribution in [0.2, 0.25) is 5.15 Å². The number of halogens is 1. The summed E-state index contributed by atoms with van der Waals surface area (Å²) in [6, 6.07) is 16.2. The Hall–Kier alpha value is -4.18. The number of hydrogen-bond acceptors (Lipinski definition) is 7. The topological polar surface area (TPSA) is 127 Å². The highest BCUT2D eigenvalue weighted by Crippen LogP contribution is 2.30. The molecular formula is C28H29ClN6O4. The van der Waals surface area contributed by atoms with E-state index in [4.69, 9.17) is 16.3 Å². The molecule has 5 rings (SSSR count). The van der Waals surface area contributed by atoms with Crippen molar-refractivity contribution in [3.63, 3.8) is 0 Å². The third-order valence-corrected chi connectivity index (χ3v) is 7.19. The predicted molar refractivity (Wildman–Crippen MR) is 148 cm³/mol. The SMILES string of the molecule is O=C(NC=Nc1ccc(CNC(=O)[C@@H]2CCc3c(Cl)nc(NC4CCC4)c(=O)n32)cc1)OCc1ccccc1. The number of aliphatic imine (C=N–C) groups is 1. The van der Waals surface area contributed by atoms with Crippen LogP contribution in [0.25, 0.3) is 0 Å². The number of ether oxygens (including phenoxy) is 1. The molecule has 0 spiro atoms. The zero-order chi connectivity index (χ0) is 27.2. The average molecular weight is 549 g/mol. The summed E-state index contributed by atoms with van der Waals surface area (Å²) in [5, 5.41) is 8.83. The van der Waals surface area contributed by atoms with Gasteiger partial charge in [-0.3, -0.25) is 19.5 Å². The fraction of sp³-hybridized carbons (Fsp3) is 0.321. The van der Waals surface area contributed by atoms with E-state index in [-0.39, 0.29) is 35.1 Å². The van der Waals surface area contributed by atoms with Gasteiger partial charge >= 0.3 is 6.09 Å². The lowest BCUT2D eigenvalue weighted by atomic mass is 9.93. The minimum Gasteiger partial charge on any atom is -0.444 e. The summed E-state index contributed by atoms with van der Waals surface area (Å²) in [4.78, 5) is 46.4. The van der Waals surface area contributed by atoms with Gasteiger partial charge in [0.25, 0.3) is 5.56 Å². The molecule has 0 unspecified atom stereocenters. The lowest BCUT2D eigenvalue weighted by Gasteiger charge is -2.27. The Morgan fingerprint density at radius 1 is 1.08 bits per heavy atom. The fourth-order valence-corrected chi connectivity index (χ4v) is 4.79. The van der Waals surface area contributed by atoms with Crippen molar-refractivity contribution in [2.75, 3.05) is 5.32 Å². The van der Waals surface area contributed by atoms with Gasteiger partial charge in [0, 0.05) is 12.6 Å². The maximum absolute atomic E-state index is 13.1. The van der Waals surface area contributed by atoms with Crippen molar-refractivity contribution in [1.82, 2.24) is 20.2 Å². The number of nitrogens with one attached hydrogen (secondary N) is 3. The number of benzene rings is 2. The number of rotatable bonds is 9. The third-order valence-electron chi connectivity index (χ3n) is 6.89. The van der Waals surface area contributed by atoms with Gasteiger partial charge in [0.2, 0.25) is 5.91 Å². The molecule has 1 saturated carbocycles. The van der Waals surface area contributed by atoms with Gasteiger partial charge in [0.05, 0.1) is 17.7 Å². The molecule has 2 aliphatic rings. The Balaban J connectivity index is 1.12. The summed E-state index contributed by atoms with van der Waals surface area (Å²) in [7, 11) is 0. The molecule has 1 aliphatic heterocycles. The number of amides is 2. The van der Waals surface area contributed by atoms with E-state index in [1.165, 1.54) is 10.9 Å². The quantitative estimate of drug-likeness (QED) is 0.271. The highest BCUT2D eigenvalue weighted by molar-refractivity contribution is 6.30. The second kappa shape index (κ2) is 12.1. The van der Waals surface area contributed by atoms with E-state index in [0.29, 0.717) is 30.8 Å². The first-order valence-electron chi connectivity index (χ1n) is 12.9. The number of fused-ring (bicyclic) bond motifs is 1. The molecular weight excluding hydrogens is 520 g/mol. The summed E-state index contributed by atoms with van der Waals surface area (Å²) in [5.41, 5.74) is 2.67. The van der Waals surface area contributed by atoms with E-state index in [0.717, 1.165) is 30.4 Å². The van der Waals surface area contributed by atoms with E-state index >= 15 is 0 Å². The molecule has 0 bridgehead atoms. The van der Waals surface area contributed by atoms with Crippen molar-refractivity contribution in [3.05, 3.63) is 86.9 Å². The van der Waals surface area contributed by atoms with Gasteiger partial charge in [-0.1, -0.05) is 54.1 Å². The first-order chi connectivity index (χ1) is 19.0. The second-order valence-electron chi connectivity index (χ2n) is 9.55. The molecule has 1 fully saturated rings. The molecule has 11 heteroatoms. The molecule has 2 aromatic carbocycles. The Labute approximate surface area is 230 Å². The van der Waals surface area contributed by atoms with E-state index in [9.17, 15) is 14.4 Å². The van der Waals surface area contributed by atoms with Crippen LogP contribution in [0.15, 0.2) is 64.4 Å². The number of alkyl carbamates (subject to hydrolysis) is 1. The Kier molecular flexibility index (Phi) is 8.21. The normalized spacial score (nSPS) is 16.4. The van der Waals surface area contributed by atoms with Crippen LogP contribution in [0.3, 0.4) is 0 Å². The van der Waals surface area contributed by atoms with Crippen LogP contribution < -0.4 is 21.5 Å². The van der Waals surface area contributed by atoms with Crippen molar-refractivity contribution in [3.8, 4) is 0 Å². The molecule has 3 N–H and O–H groups in total. The second-order valence-corrected chi connectivity index (χ2v) is 9.91. The van der Waals surface area contributed by atoms with Gasteiger partial charge in [-0.25, -0.2) is 14.8 Å². The molecule has 1 atom stereocenters. The van der Waals surface area contributed by atoms with Crippen molar-refractivity contribution in [2.45, 2.75) is 57.3 Å². The Bertz CT molecular complexity index is 1420. The predicted octanol–water partition coefficient (Wildman–Crippen LogP) is 4.25. The molecule has 39 heavy (non-hydrogen) atoms. The van der Waals surface area contributed by atoms with Crippen molar-refractivity contribution >= 4 is 41.4 Å². The molecule has 10 nitrogen and oxygen atoms in total. The van der Waals surface area contributed by atoms with Crippen LogP contribution in [0.4, 0.5) is 16.3 Å². The first-order valence-corrected chi connectivity index (χ1v) is 13.3. The first kappa shape index (κ1) is 26.4.